The third kappa shape index (κ3) is 9.19. The summed E-state index contributed by atoms with van der Waals surface area (Å²) in [4.78, 5) is 0. The van der Waals surface area contributed by atoms with Crippen LogP contribution in [0.25, 0.3) is 0 Å². The van der Waals surface area contributed by atoms with Crippen LogP contribution in [0.5, 0.6) is 0 Å². The van der Waals surface area contributed by atoms with E-state index in [1.165, 1.54) is 0 Å². The molecule has 0 radical (unpaired) electrons. The predicted octanol–water partition coefficient (Wildman–Crippen LogP) is 1.15. The Balaban J connectivity index is 0. The molecule has 0 aliphatic heterocycles. The zero-order valence-electron chi connectivity index (χ0n) is 3.64. The van der Waals surface area contributed by atoms with E-state index >= 15 is 0 Å². The monoisotopic (exact) mass is 240 g/mol. The summed E-state index contributed by atoms with van der Waals surface area (Å²) < 4.78 is 0. The normalized spacial score (nSPS) is 7.00. The quantitative estimate of drug-likeness (QED) is 0.514. The first-order valence-electron chi connectivity index (χ1n) is 1.79. The van der Waals surface area contributed by atoms with E-state index in [0.29, 0.717) is 0 Å². The summed E-state index contributed by atoms with van der Waals surface area (Å²) in [7, 11) is 0. The van der Waals surface area contributed by atoms with Gasteiger partial charge in [0.2, 0.25) is 0 Å². The van der Waals surface area contributed by atoms with E-state index in [2.05, 4.69) is 19.6 Å². The van der Waals surface area contributed by atoms with Gasteiger partial charge < -0.3 is 19.6 Å². The van der Waals surface area contributed by atoms with Crippen LogP contribution in [0.1, 0.15) is 12.8 Å². The summed E-state index contributed by atoms with van der Waals surface area (Å²) in [5, 5.41) is 0. The Kier molecular flexibility index (Phi) is 17.4. The van der Waals surface area contributed by atoms with Gasteiger partial charge in [0.05, 0.1) is 0 Å². The molecule has 0 aromatic carbocycles. The van der Waals surface area contributed by atoms with Crippen LogP contribution in [-0.4, -0.2) is 5.75 Å². The van der Waals surface area contributed by atoms with Crippen molar-refractivity contribution >= 4 is 12.6 Å². The molecule has 0 aromatic heterocycles. The van der Waals surface area contributed by atoms with Crippen molar-refractivity contribution < 1.29 is 40.4 Å². The molecule has 0 saturated carbocycles. The van der Waals surface area contributed by atoms with Gasteiger partial charge >= 0.3 is 0 Å². The third-order valence-electron chi connectivity index (χ3n) is 0.394. The van der Waals surface area contributed by atoms with Crippen LogP contribution < -0.4 is 0 Å². The minimum atomic E-state index is 0. The summed E-state index contributed by atoms with van der Waals surface area (Å²) in [5.74, 6) is 0.865. The Hall–Kier alpha value is 1.69. The van der Waals surface area contributed by atoms with E-state index in [-0.39, 0.29) is 40.4 Å². The summed E-state index contributed by atoms with van der Waals surface area (Å²) in [6.45, 7) is 3.61. The van der Waals surface area contributed by atoms with Gasteiger partial charge in [-0.05, 0) is 0 Å². The number of rotatable bonds is 2. The average Bonchev–Trinajstić information content (AvgIpc) is 1.41. The molecule has 0 amide bonds. The Labute approximate surface area is 77.6 Å². The fourth-order valence-electron chi connectivity index (χ4n) is 0.102. The van der Waals surface area contributed by atoms with E-state index in [1.54, 1.807) is 0 Å². The summed E-state index contributed by atoms with van der Waals surface area (Å²) in [6, 6.07) is 0. The van der Waals surface area contributed by atoms with Gasteiger partial charge in [-0.25, -0.2) is 0 Å². The van der Waals surface area contributed by atoms with Gasteiger partial charge in [0, 0.05) is 40.4 Å². The Morgan fingerprint density at radius 2 is 2.00 bits per heavy atom. The van der Waals surface area contributed by atoms with E-state index in [1.807, 2.05) is 0 Å². The molecule has 0 heterocycles. The molecule has 0 aliphatic rings. The van der Waals surface area contributed by atoms with Crippen LogP contribution in [-0.2, 0) is 12.6 Å². The maximum absolute atomic E-state index is 4.61. The maximum atomic E-state index is 4.61. The van der Waals surface area contributed by atoms with E-state index < -0.39 is 0 Å². The van der Waals surface area contributed by atoms with E-state index in [0.717, 1.165) is 18.6 Å². The first-order valence-corrected chi connectivity index (χ1v) is 2.37. The molecule has 0 fully saturated rings. The topological polar surface area (TPSA) is 0 Å². The molecule has 6 heavy (non-hydrogen) atoms. The molecular formula is C4H8SSm-2. The standard InChI is InChI=1S/C4H9S.Sm/c1-2-3-4-5;/h5H,1-4H2;/q-1;/p-1. The number of hydrogen-bond donors (Lipinski definition) is 0. The SMILES string of the molecule is [CH2-]CCC[S-].[Sm]. The second-order valence-electron chi connectivity index (χ2n) is 0.911. The predicted molar refractivity (Wildman–Crippen MR) is 26.8 cm³/mol. The van der Waals surface area contributed by atoms with Crippen LogP contribution in [0.2, 0.25) is 0 Å². The largest absolute Gasteiger partial charge is 0.793 e. The third-order valence-corrected chi connectivity index (χ3v) is 0.683. The number of unbranched alkanes of at least 4 members (excludes halogenated alkanes) is 1. The minimum absolute atomic E-state index is 0. The van der Waals surface area contributed by atoms with Gasteiger partial charge in [-0.1, -0.05) is 0 Å². The van der Waals surface area contributed by atoms with Crippen LogP contribution in [0.4, 0.5) is 0 Å². The van der Waals surface area contributed by atoms with Crippen molar-refractivity contribution in [1.82, 2.24) is 0 Å². The number of hydrogen-bond acceptors (Lipinski definition) is 1. The molecule has 2 heteroatoms. The second kappa shape index (κ2) is 9.85. The van der Waals surface area contributed by atoms with Gasteiger partial charge in [0.25, 0.3) is 0 Å². The molecule has 0 aliphatic carbocycles. The second-order valence-corrected chi connectivity index (χ2v) is 1.32. The fraction of sp³-hybridized carbons (Fsp3) is 0.750. The van der Waals surface area contributed by atoms with Crippen molar-refractivity contribution in [1.29, 1.82) is 0 Å². The summed E-state index contributed by atoms with van der Waals surface area (Å²) >= 11 is 4.61. The van der Waals surface area contributed by atoms with Gasteiger partial charge in [-0.2, -0.15) is 12.2 Å². The van der Waals surface area contributed by atoms with Crippen molar-refractivity contribution in [2.75, 3.05) is 5.75 Å². The summed E-state index contributed by atoms with van der Waals surface area (Å²) in [6.07, 6.45) is 2.08. The van der Waals surface area contributed by atoms with Crippen molar-refractivity contribution in [3.8, 4) is 0 Å². The zero-order valence-corrected chi connectivity index (χ0v) is 7.08. The smallest absolute Gasteiger partial charge is 0 e. The van der Waals surface area contributed by atoms with Crippen LogP contribution in [0.15, 0.2) is 0 Å². The molecule has 0 rings (SSSR count). The van der Waals surface area contributed by atoms with Crippen LogP contribution >= 0.6 is 0 Å². The maximum Gasteiger partial charge on any atom is 0 e. The molecule has 0 spiro atoms. The Bertz CT molecular complexity index is 15.0. The van der Waals surface area contributed by atoms with Crippen LogP contribution in [0.3, 0.4) is 0 Å². The van der Waals surface area contributed by atoms with E-state index in [9.17, 15) is 0 Å². The zero-order chi connectivity index (χ0) is 4.12. The molecular weight excluding hydrogens is 230 g/mol. The van der Waals surface area contributed by atoms with Crippen molar-refractivity contribution in [2.45, 2.75) is 12.8 Å². The molecule has 0 unspecified atom stereocenters. The Morgan fingerprint density at radius 1 is 1.50 bits per heavy atom. The van der Waals surface area contributed by atoms with Gasteiger partial charge in [0.1, 0.15) is 0 Å². The molecule has 38 valence electrons. The first-order chi connectivity index (χ1) is 2.41. The average molecular weight is 239 g/mol. The minimum Gasteiger partial charge on any atom is -0.793 e. The molecule has 0 saturated heterocycles. The van der Waals surface area contributed by atoms with Crippen molar-refractivity contribution in [2.24, 2.45) is 0 Å². The summed E-state index contributed by atoms with van der Waals surface area (Å²) in [5.41, 5.74) is 0. The van der Waals surface area contributed by atoms with Gasteiger partial charge in [-0.15, -0.1) is 6.42 Å². The van der Waals surface area contributed by atoms with Crippen molar-refractivity contribution in [3.63, 3.8) is 0 Å². The van der Waals surface area contributed by atoms with Gasteiger partial charge in [-0.3, -0.25) is 0 Å². The first kappa shape index (κ1) is 10.6. The fourth-order valence-corrected chi connectivity index (χ4v) is 0.306. The molecule has 0 aromatic rings. The molecule has 0 bridgehead atoms. The van der Waals surface area contributed by atoms with Gasteiger partial charge in [0.15, 0.2) is 0 Å². The Morgan fingerprint density at radius 3 is 2.00 bits per heavy atom. The molecule has 0 N–H and O–H groups in total. The molecule has 0 nitrogen and oxygen atoms in total. The van der Waals surface area contributed by atoms with Crippen LogP contribution in [0, 0.1) is 47.3 Å². The molecule has 0 atom stereocenters. The van der Waals surface area contributed by atoms with Crippen molar-refractivity contribution in [3.05, 3.63) is 6.92 Å². The van der Waals surface area contributed by atoms with E-state index in [4.69, 9.17) is 0 Å².